The maximum atomic E-state index is 10.1. The third kappa shape index (κ3) is 2.37. The van der Waals surface area contributed by atoms with Gasteiger partial charge in [0, 0.05) is 13.6 Å². The molecule has 18 heavy (non-hydrogen) atoms. The third-order valence-electron chi connectivity index (χ3n) is 3.36. The fourth-order valence-electron chi connectivity index (χ4n) is 2.09. The molecule has 1 fully saturated rings. The number of aliphatic hydroxyl groups is 3. The van der Waals surface area contributed by atoms with Crippen molar-refractivity contribution in [3.8, 4) is 0 Å². The Hall–Kier alpha value is -0.340. The van der Waals surface area contributed by atoms with Gasteiger partial charge in [0.25, 0.3) is 0 Å². The molecule has 2 rings (SSSR count). The van der Waals surface area contributed by atoms with Crippen molar-refractivity contribution < 1.29 is 20.1 Å². The lowest BCUT2D eigenvalue weighted by atomic mass is 9.95. The van der Waals surface area contributed by atoms with E-state index in [9.17, 15) is 15.3 Å². The molecule has 0 aliphatic carbocycles. The molecule has 0 radical (unpaired) electrons. The van der Waals surface area contributed by atoms with Gasteiger partial charge in [0.05, 0.1) is 6.10 Å². The van der Waals surface area contributed by atoms with Gasteiger partial charge in [-0.3, -0.25) is 4.99 Å². The summed E-state index contributed by atoms with van der Waals surface area (Å²) in [6.45, 7) is 4.36. The average molecular weight is 276 g/mol. The molecule has 7 heteroatoms. The summed E-state index contributed by atoms with van der Waals surface area (Å²) in [5, 5.41) is 30.3. The standard InChI is InChI=1S/C11H20N2O4S/c1-4-13(3)11-12-6-7(15)8(16)9(5(2)14)17-10(6)18-11/h5-10,14-16H,4H2,1-3H3/t5-,6-,7-,8+,9-,10-/m1/s1. The minimum Gasteiger partial charge on any atom is -0.391 e. The number of aliphatic imine (C=N–C) groups is 1. The molecule has 0 bridgehead atoms. The predicted octanol–water partition coefficient (Wildman–Crippen LogP) is -0.763. The highest BCUT2D eigenvalue weighted by Gasteiger charge is 2.49. The first-order valence-electron chi connectivity index (χ1n) is 6.11. The number of hydrogen-bond donors (Lipinski definition) is 3. The summed E-state index contributed by atoms with van der Waals surface area (Å²) in [4.78, 5) is 6.36. The molecule has 6 atom stereocenters. The van der Waals surface area contributed by atoms with E-state index in [-0.39, 0.29) is 5.44 Å². The number of thioether (sulfide) groups is 1. The maximum absolute atomic E-state index is 10.1. The van der Waals surface area contributed by atoms with E-state index in [0.717, 1.165) is 11.7 Å². The Kier molecular flexibility index (Phi) is 4.18. The van der Waals surface area contributed by atoms with Crippen LogP contribution in [0, 0.1) is 0 Å². The van der Waals surface area contributed by atoms with Crippen molar-refractivity contribution in [3.05, 3.63) is 0 Å². The topological polar surface area (TPSA) is 85.5 Å². The number of ether oxygens (including phenoxy) is 1. The van der Waals surface area contributed by atoms with E-state index in [4.69, 9.17) is 4.74 Å². The molecule has 0 aromatic rings. The van der Waals surface area contributed by atoms with Gasteiger partial charge in [-0.2, -0.15) is 0 Å². The Bertz CT molecular complexity index is 339. The lowest BCUT2D eigenvalue weighted by Gasteiger charge is -2.39. The second-order valence-corrected chi connectivity index (χ2v) is 5.79. The van der Waals surface area contributed by atoms with Crippen molar-refractivity contribution in [2.45, 2.75) is 49.7 Å². The maximum Gasteiger partial charge on any atom is 0.162 e. The number of aliphatic hydroxyl groups excluding tert-OH is 3. The molecule has 2 aliphatic rings. The van der Waals surface area contributed by atoms with Crippen molar-refractivity contribution in [1.82, 2.24) is 4.90 Å². The molecule has 2 heterocycles. The SMILES string of the molecule is CCN(C)C1=N[C@@H]2[C@@H](O)[C@H](O)[C@@H]([C@@H](C)O)O[C@@H]2S1. The van der Waals surface area contributed by atoms with Crippen LogP contribution < -0.4 is 0 Å². The van der Waals surface area contributed by atoms with E-state index in [1.807, 2.05) is 18.9 Å². The van der Waals surface area contributed by atoms with Gasteiger partial charge in [-0.05, 0) is 13.8 Å². The largest absolute Gasteiger partial charge is 0.391 e. The molecule has 0 amide bonds. The van der Waals surface area contributed by atoms with Crippen LogP contribution in [0.25, 0.3) is 0 Å². The van der Waals surface area contributed by atoms with E-state index >= 15 is 0 Å². The van der Waals surface area contributed by atoms with E-state index < -0.39 is 30.5 Å². The van der Waals surface area contributed by atoms with Crippen molar-refractivity contribution in [2.75, 3.05) is 13.6 Å². The van der Waals surface area contributed by atoms with Crippen LogP contribution in [0.15, 0.2) is 4.99 Å². The second-order valence-electron chi connectivity index (χ2n) is 4.73. The minimum absolute atomic E-state index is 0.341. The van der Waals surface area contributed by atoms with Crippen LogP contribution in [0.4, 0.5) is 0 Å². The number of amidine groups is 1. The third-order valence-corrected chi connectivity index (χ3v) is 4.61. The van der Waals surface area contributed by atoms with Crippen molar-refractivity contribution in [2.24, 2.45) is 4.99 Å². The van der Waals surface area contributed by atoms with Crippen LogP contribution in [0.1, 0.15) is 13.8 Å². The molecule has 104 valence electrons. The van der Waals surface area contributed by atoms with Crippen LogP contribution in [-0.4, -0.2) is 74.9 Å². The van der Waals surface area contributed by atoms with Gasteiger partial charge >= 0.3 is 0 Å². The van der Waals surface area contributed by atoms with E-state index in [1.165, 1.54) is 11.8 Å². The summed E-state index contributed by atoms with van der Waals surface area (Å²) in [5.41, 5.74) is -0.341. The molecule has 0 aromatic carbocycles. The summed E-state index contributed by atoms with van der Waals surface area (Å²) >= 11 is 1.43. The Labute approximate surface area is 111 Å². The minimum atomic E-state index is -1.11. The molecule has 0 unspecified atom stereocenters. The monoisotopic (exact) mass is 276 g/mol. The number of rotatable bonds is 2. The molecule has 0 aromatic heterocycles. The Morgan fingerprint density at radius 3 is 2.67 bits per heavy atom. The van der Waals surface area contributed by atoms with Gasteiger partial charge in [0.1, 0.15) is 29.8 Å². The Balaban J connectivity index is 2.13. The molecular formula is C11H20N2O4S. The molecular weight excluding hydrogens is 256 g/mol. The van der Waals surface area contributed by atoms with Gasteiger partial charge in [0.15, 0.2) is 5.17 Å². The predicted molar refractivity (Wildman–Crippen MR) is 69.5 cm³/mol. The van der Waals surface area contributed by atoms with Gasteiger partial charge in [-0.25, -0.2) is 0 Å². The first-order chi connectivity index (χ1) is 8.45. The van der Waals surface area contributed by atoms with Gasteiger partial charge < -0.3 is 25.0 Å². The van der Waals surface area contributed by atoms with Crippen LogP contribution in [-0.2, 0) is 4.74 Å². The van der Waals surface area contributed by atoms with Crippen molar-refractivity contribution >= 4 is 16.9 Å². The van der Waals surface area contributed by atoms with Crippen LogP contribution in [0.2, 0.25) is 0 Å². The van der Waals surface area contributed by atoms with E-state index in [1.54, 1.807) is 6.92 Å². The summed E-state index contributed by atoms with van der Waals surface area (Å²) in [6, 6.07) is -0.469. The Morgan fingerprint density at radius 1 is 1.44 bits per heavy atom. The van der Waals surface area contributed by atoms with Crippen LogP contribution in [0.5, 0.6) is 0 Å². The summed E-state index contributed by atoms with van der Waals surface area (Å²) in [5.74, 6) is 0. The highest BCUT2D eigenvalue weighted by molar-refractivity contribution is 8.14. The van der Waals surface area contributed by atoms with Gasteiger partial charge in [-0.1, -0.05) is 11.8 Å². The fourth-order valence-corrected chi connectivity index (χ4v) is 3.34. The van der Waals surface area contributed by atoms with Crippen LogP contribution in [0.3, 0.4) is 0 Å². The van der Waals surface area contributed by atoms with E-state index in [0.29, 0.717) is 0 Å². The highest BCUT2D eigenvalue weighted by atomic mass is 32.2. The molecule has 3 N–H and O–H groups in total. The zero-order valence-electron chi connectivity index (χ0n) is 10.7. The zero-order valence-corrected chi connectivity index (χ0v) is 11.5. The number of fused-ring (bicyclic) bond motifs is 1. The first kappa shape index (κ1) is 14.1. The zero-order chi connectivity index (χ0) is 13.4. The quantitative estimate of drug-likeness (QED) is 0.614. The summed E-state index contributed by atoms with van der Waals surface area (Å²) in [6.07, 6.45) is -3.71. The smallest absolute Gasteiger partial charge is 0.162 e. The van der Waals surface area contributed by atoms with Crippen LogP contribution >= 0.6 is 11.8 Å². The lowest BCUT2D eigenvalue weighted by Crippen LogP contribution is -2.57. The Morgan fingerprint density at radius 2 is 2.11 bits per heavy atom. The van der Waals surface area contributed by atoms with Crippen molar-refractivity contribution in [1.29, 1.82) is 0 Å². The number of hydrogen-bond acceptors (Lipinski definition) is 7. The highest BCUT2D eigenvalue weighted by Crippen LogP contribution is 2.37. The molecule has 2 aliphatic heterocycles. The molecule has 0 spiro atoms. The van der Waals surface area contributed by atoms with Gasteiger partial charge in [0.2, 0.25) is 0 Å². The van der Waals surface area contributed by atoms with Gasteiger partial charge in [-0.15, -0.1) is 0 Å². The number of nitrogens with zero attached hydrogens (tertiary/aromatic N) is 2. The summed E-state index contributed by atoms with van der Waals surface area (Å²) < 4.78 is 5.64. The molecule has 1 saturated heterocycles. The summed E-state index contributed by atoms with van der Waals surface area (Å²) in [7, 11) is 1.91. The lowest BCUT2D eigenvalue weighted by molar-refractivity contribution is -0.181. The normalized spacial score (nSPS) is 41.2. The first-order valence-corrected chi connectivity index (χ1v) is 6.99. The molecule has 6 nitrogen and oxygen atoms in total. The molecule has 0 saturated carbocycles. The fraction of sp³-hybridized carbons (Fsp3) is 0.909. The average Bonchev–Trinajstić information content (AvgIpc) is 2.76. The van der Waals surface area contributed by atoms with Crippen molar-refractivity contribution in [3.63, 3.8) is 0 Å². The van der Waals surface area contributed by atoms with E-state index in [2.05, 4.69) is 4.99 Å². The second kappa shape index (κ2) is 5.34.